The molecule has 0 saturated heterocycles. The van der Waals surface area contributed by atoms with Crippen LogP contribution in [0.15, 0.2) is 15.2 Å². The molecule has 0 aromatic carbocycles. The summed E-state index contributed by atoms with van der Waals surface area (Å²) in [4.78, 5) is 0. The Kier molecular flexibility index (Phi) is 9.77. The highest BCUT2D eigenvalue weighted by atomic mass is 79.9. The molecule has 0 atom stereocenters. The first-order chi connectivity index (χ1) is 8.34. The molecule has 17 heavy (non-hydrogen) atoms. The van der Waals surface area contributed by atoms with E-state index in [0.29, 0.717) is 0 Å². The summed E-state index contributed by atoms with van der Waals surface area (Å²) in [5.74, 6) is 0. The quantitative estimate of drug-likeness (QED) is 0.317. The average molecular weight is 382 g/mol. The van der Waals surface area contributed by atoms with Gasteiger partial charge in [0.05, 0.1) is 3.79 Å². The Labute approximate surface area is 126 Å². The van der Waals surface area contributed by atoms with Gasteiger partial charge in [-0.05, 0) is 52.2 Å². The van der Waals surface area contributed by atoms with E-state index >= 15 is 0 Å². The van der Waals surface area contributed by atoms with Crippen molar-refractivity contribution in [2.75, 3.05) is 5.33 Å². The van der Waals surface area contributed by atoms with E-state index in [0.717, 1.165) is 0 Å². The maximum Gasteiger partial charge on any atom is 0.0730 e. The van der Waals surface area contributed by atoms with Crippen LogP contribution in [-0.2, 0) is 6.42 Å². The molecular weight excluding hydrogens is 360 g/mol. The number of alkyl halides is 1. The summed E-state index contributed by atoms with van der Waals surface area (Å²) in [7, 11) is 0. The predicted octanol–water partition coefficient (Wildman–Crippen LogP) is 6.57. The minimum atomic E-state index is 1.17. The molecule has 0 amide bonds. The van der Waals surface area contributed by atoms with Crippen molar-refractivity contribution in [3.63, 3.8) is 0 Å². The zero-order valence-electron chi connectivity index (χ0n) is 10.4. The van der Waals surface area contributed by atoms with Crippen LogP contribution in [0.3, 0.4) is 0 Å². The highest BCUT2D eigenvalue weighted by Crippen LogP contribution is 2.25. The number of hydrogen-bond donors (Lipinski definition) is 0. The van der Waals surface area contributed by atoms with Gasteiger partial charge in [-0.2, -0.15) is 0 Å². The number of halogens is 2. The predicted molar refractivity (Wildman–Crippen MR) is 86.5 cm³/mol. The van der Waals surface area contributed by atoms with Crippen LogP contribution >= 0.6 is 43.2 Å². The van der Waals surface area contributed by atoms with Crippen LogP contribution in [0.1, 0.15) is 56.9 Å². The van der Waals surface area contributed by atoms with Crippen molar-refractivity contribution in [3.05, 3.63) is 20.8 Å². The van der Waals surface area contributed by atoms with Crippen LogP contribution in [0, 0.1) is 0 Å². The fraction of sp³-hybridized carbons (Fsp3) is 0.714. The molecule has 0 aliphatic rings. The lowest BCUT2D eigenvalue weighted by atomic mass is 10.1. The lowest BCUT2D eigenvalue weighted by molar-refractivity contribution is 0.577. The molecule has 0 nitrogen and oxygen atoms in total. The van der Waals surface area contributed by atoms with E-state index in [9.17, 15) is 0 Å². The summed E-state index contributed by atoms with van der Waals surface area (Å²) in [6.07, 6.45) is 12.4. The molecule has 1 heterocycles. The molecule has 1 aromatic rings. The lowest BCUT2D eigenvalue weighted by Crippen LogP contribution is -1.85. The minimum absolute atomic E-state index is 1.17. The number of hydrogen-bond acceptors (Lipinski definition) is 1. The zero-order valence-corrected chi connectivity index (χ0v) is 14.4. The lowest BCUT2D eigenvalue weighted by Gasteiger charge is -2.01. The van der Waals surface area contributed by atoms with E-state index in [1.807, 2.05) is 0 Å². The number of thiophene rings is 1. The van der Waals surface area contributed by atoms with Gasteiger partial charge >= 0.3 is 0 Å². The van der Waals surface area contributed by atoms with Gasteiger partial charge in [0.2, 0.25) is 0 Å². The molecule has 98 valence electrons. The molecule has 1 aromatic heterocycles. The number of rotatable bonds is 10. The smallest absolute Gasteiger partial charge is 0.0730 e. The highest BCUT2D eigenvalue weighted by molar-refractivity contribution is 9.11. The fourth-order valence-corrected chi connectivity index (χ4v) is 3.69. The molecule has 0 aliphatic heterocycles. The summed E-state index contributed by atoms with van der Waals surface area (Å²) >= 11 is 8.87. The van der Waals surface area contributed by atoms with E-state index in [-0.39, 0.29) is 0 Å². The van der Waals surface area contributed by atoms with Crippen molar-refractivity contribution in [2.45, 2.75) is 57.8 Å². The Hall–Kier alpha value is 0.660. The monoisotopic (exact) mass is 380 g/mol. The first-order valence-electron chi connectivity index (χ1n) is 6.62. The second kappa shape index (κ2) is 10.6. The molecule has 0 unspecified atom stereocenters. The van der Waals surface area contributed by atoms with Crippen molar-refractivity contribution >= 4 is 43.2 Å². The van der Waals surface area contributed by atoms with Crippen molar-refractivity contribution in [1.82, 2.24) is 0 Å². The maximum absolute atomic E-state index is 3.60. The van der Waals surface area contributed by atoms with Gasteiger partial charge in [-0.25, -0.2) is 0 Å². The summed E-state index contributed by atoms with van der Waals surface area (Å²) < 4.78 is 1.33. The van der Waals surface area contributed by atoms with Gasteiger partial charge < -0.3 is 0 Å². The Morgan fingerprint density at radius 3 is 2.00 bits per heavy atom. The van der Waals surface area contributed by atoms with Crippen LogP contribution in [0.25, 0.3) is 0 Å². The van der Waals surface area contributed by atoms with Crippen LogP contribution in [0.2, 0.25) is 0 Å². The highest BCUT2D eigenvalue weighted by Gasteiger charge is 2.00. The second-order valence-electron chi connectivity index (χ2n) is 4.49. The van der Waals surface area contributed by atoms with Crippen molar-refractivity contribution in [3.8, 4) is 0 Å². The topological polar surface area (TPSA) is 0 Å². The Balaban J connectivity index is 1.86. The zero-order chi connectivity index (χ0) is 12.3. The third-order valence-corrected chi connectivity index (χ3v) is 5.39. The number of unbranched alkanes of at least 4 members (excludes halogenated alkanes) is 7. The molecule has 0 N–H and O–H groups in total. The largest absolute Gasteiger partial charge is 0.137 e. The number of aryl methyl sites for hydroxylation is 1. The van der Waals surface area contributed by atoms with Crippen molar-refractivity contribution < 1.29 is 0 Å². The molecular formula is C14H22Br2S. The Morgan fingerprint density at radius 1 is 0.882 bits per heavy atom. The van der Waals surface area contributed by atoms with Gasteiger partial charge in [-0.3, -0.25) is 0 Å². The molecule has 0 radical (unpaired) electrons. The van der Waals surface area contributed by atoms with Gasteiger partial charge in [-0.1, -0.05) is 54.5 Å². The van der Waals surface area contributed by atoms with Gasteiger partial charge in [0.1, 0.15) is 0 Å². The SMILES string of the molecule is BrCCCCCCCCCCc1ccsc1Br. The molecule has 0 fully saturated rings. The van der Waals surface area contributed by atoms with Crippen LogP contribution in [0.5, 0.6) is 0 Å². The first-order valence-corrected chi connectivity index (χ1v) is 9.42. The Bertz CT molecular complexity index is 284. The summed E-state index contributed by atoms with van der Waals surface area (Å²) in [6.45, 7) is 0. The third kappa shape index (κ3) is 7.63. The van der Waals surface area contributed by atoms with Crippen molar-refractivity contribution in [1.29, 1.82) is 0 Å². The summed E-state index contributed by atoms with van der Waals surface area (Å²) in [6, 6.07) is 2.25. The average Bonchev–Trinajstić information content (AvgIpc) is 2.73. The van der Waals surface area contributed by atoms with E-state index in [1.54, 1.807) is 11.3 Å². The molecule has 0 saturated carbocycles. The van der Waals surface area contributed by atoms with Gasteiger partial charge in [-0.15, -0.1) is 11.3 Å². The second-order valence-corrected chi connectivity index (χ2v) is 7.51. The van der Waals surface area contributed by atoms with E-state index in [1.165, 1.54) is 72.5 Å². The molecule has 3 heteroatoms. The van der Waals surface area contributed by atoms with E-state index in [2.05, 4.69) is 43.3 Å². The summed E-state index contributed by atoms with van der Waals surface area (Å²) in [5, 5.41) is 3.34. The van der Waals surface area contributed by atoms with Gasteiger partial charge in [0.25, 0.3) is 0 Å². The third-order valence-electron chi connectivity index (χ3n) is 3.02. The first kappa shape index (κ1) is 15.7. The standard InChI is InChI=1S/C14H22Br2S/c15-11-8-6-4-2-1-3-5-7-9-13-10-12-17-14(13)16/h10,12H,1-9,11H2. The summed E-state index contributed by atoms with van der Waals surface area (Å²) in [5.41, 5.74) is 1.49. The molecule has 1 rings (SSSR count). The molecule has 0 spiro atoms. The van der Waals surface area contributed by atoms with Gasteiger partial charge in [0.15, 0.2) is 0 Å². The Morgan fingerprint density at radius 2 is 1.47 bits per heavy atom. The maximum atomic E-state index is 3.60. The minimum Gasteiger partial charge on any atom is -0.137 e. The molecule has 0 bridgehead atoms. The molecule has 0 aliphatic carbocycles. The van der Waals surface area contributed by atoms with Crippen LogP contribution < -0.4 is 0 Å². The normalized spacial score (nSPS) is 10.9. The van der Waals surface area contributed by atoms with Crippen LogP contribution in [0.4, 0.5) is 0 Å². The van der Waals surface area contributed by atoms with Crippen molar-refractivity contribution in [2.24, 2.45) is 0 Å². The van der Waals surface area contributed by atoms with E-state index in [4.69, 9.17) is 0 Å². The fourth-order valence-electron chi connectivity index (χ4n) is 1.97. The van der Waals surface area contributed by atoms with Crippen LogP contribution in [-0.4, -0.2) is 5.33 Å². The van der Waals surface area contributed by atoms with E-state index < -0.39 is 0 Å². The van der Waals surface area contributed by atoms with Gasteiger partial charge in [0, 0.05) is 5.33 Å².